The number of nitriles is 1. The molecule has 0 spiro atoms. The molecule has 0 heterocycles. The van der Waals surface area contributed by atoms with Gasteiger partial charge in [-0.3, -0.25) is 4.79 Å². The van der Waals surface area contributed by atoms with Gasteiger partial charge in [0.2, 0.25) is 5.91 Å². The maximum Gasteiger partial charge on any atom is 0.343 e. The van der Waals surface area contributed by atoms with Gasteiger partial charge in [-0.1, -0.05) is 60.7 Å². The van der Waals surface area contributed by atoms with Crippen LogP contribution in [0.1, 0.15) is 39.5 Å². The fourth-order valence-electron chi connectivity index (χ4n) is 4.33. The van der Waals surface area contributed by atoms with Gasteiger partial charge in [0.05, 0.1) is 17.2 Å². The molecule has 0 fully saturated rings. The summed E-state index contributed by atoms with van der Waals surface area (Å²) in [5.74, 6) is -0.213. The SMILES string of the molecule is CC(=O)NCCNCc1ccc(NCc2cccc(-c3ccccc3)c2C)cc1OC(=O)c1cccc(C#N)c1. The first-order valence-corrected chi connectivity index (χ1v) is 13.1. The van der Waals surface area contributed by atoms with E-state index in [9.17, 15) is 14.9 Å². The number of amides is 1. The Balaban J connectivity index is 1.52. The van der Waals surface area contributed by atoms with Crippen molar-refractivity contribution >= 4 is 17.6 Å². The van der Waals surface area contributed by atoms with Crippen LogP contribution in [-0.2, 0) is 17.9 Å². The monoisotopic (exact) mass is 532 g/mol. The predicted molar refractivity (Wildman–Crippen MR) is 157 cm³/mol. The van der Waals surface area contributed by atoms with E-state index in [-0.39, 0.29) is 5.91 Å². The molecule has 0 aliphatic carbocycles. The molecule has 0 radical (unpaired) electrons. The van der Waals surface area contributed by atoms with Crippen molar-refractivity contribution in [2.75, 3.05) is 18.4 Å². The average Bonchev–Trinajstić information content (AvgIpc) is 2.97. The fraction of sp³-hybridized carbons (Fsp3) is 0.182. The highest BCUT2D eigenvalue weighted by Gasteiger charge is 2.14. The van der Waals surface area contributed by atoms with E-state index >= 15 is 0 Å². The third kappa shape index (κ3) is 7.56. The number of hydrogen-bond acceptors (Lipinski definition) is 6. The molecule has 3 N–H and O–H groups in total. The van der Waals surface area contributed by atoms with E-state index in [4.69, 9.17) is 4.74 Å². The number of hydrogen-bond donors (Lipinski definition) is 3. The normalized spacial score (nSPS) is 10.4. The molecule has 4 rings (SSSR count). The number of benzene rings is 4. The van der Waals surface area contributed by atoms with E-state index in [0.29, 0.717) is 43.1 Å². The largest absolute Gasteiger partial charge is 0.423 e. The lowest BCUT2D eigenvalue weighted by molar-refractivity contribution is -0.118. The first kappa shape index (κ1) is 28.1. The number of ether oxygens (including phenoxy) is 1. The molecule has 40 heavy (non-hydrogen) atoms. The van der Waals surface area contributed by atoms with Crippen molar-refractivity contribution in [2.24, 2.45) is 0 Å². The van der Waals surface area contributed by atoms with E-state index in [0.717, 1.165) is 16.8 Å². The van der Waals surface area contributed by atoms with Crippen LogP contribution in [0.5, 0.6) is 5.75 Å². The van der Waals surface area contributed by atoms with Gasteiger partial charge in [0.15, 0.2) is 0 Å². The van der Waals surface area contributed by atoms with Crippen molar-refractivity contribution in [3.8, 4) is 22.9 Å². The maximum absolute atomic E-state index is 13.0. The minimum Gasteiger partial charge on any atom is -0.423 e. The first-order chi connectivity index (χ1) is 19.4. The molecule has 0 atom stereocenters. The van der Waals surface area contributed by atoms with Gasteiger partial charge < -0.3 is 20.7 Å². The zero-order valence-electron chi connectivity index (χ0n) is 22.7. The van der Waals surface area contributed by atoms with Crippen LogP contribution < -0.4 is 20.7 Å². The molecule has 1 amide bonds. The van der Waals surface area contributed by atoms with Crippen LogP contribution in [0.25, 0.3) is 11.1 Å². The Morgan fingerprint density at radius 1 is 0.850 bits per heavy atom. The summed E-state index contributed by atoms with van der Waals surface area (Å²) >= 11 is 0. The first-order valence-electron chi connectivity index (χ1n) is 13.1. The second-order valence-corrected chi connectivity index (χ2v) is 9.37. The Kier molecular flexibility index (Phi) is 9.65. The number of anilines is 1. The molecule has 0 aliphatic heterocycles. The smallest absolute Gasteiger partial charge is 0.343 e. The number of carbonyl (C=O) groups excluding carboxylic acids is 2. The minimum absolute atomic E-state index is 0.0870. The van der Waals surface area contributed by atoms with Crippen molar-refractivity contribution in [3.05, 3.63) is 119 Å². The Labute approximate surface area is 234 Å². The number of rotatable bonds is 11. The Hall–Kier alpha value is -4.93. The standard InChI is InChI=1S/C33H32N4O3/c1-23-28(12-7-13-31(23)26-9-4-3-5-10-26)22-37-30-15-14-29(21-35-16-17-36-24(2)38)32(19-30)40-33(39)27-11-6-8-25(18-27)20-34/h3-15,18-19,35,37H,16-17,21-22H2,1-2H3,(H,36,38). The molecular formula is C33H32N4O3. The number of esters is 1. The summed E-state index contributed by atoms with van der Waals surface area (Å²) in [5, 5.41) is 18.7. The van der Waals surface area contributed by atoms with Crippen LogP contribution in [0.15, 0.2) is 91.0 Å². The molecule has 0 saturated heterocycles. The molecule has 7 heteroatoms. The van der Waals surface area contributed by atoms with Gasteiger partial charge >= 0.3 is 5.97 Å². The third-order valence-corrected chi connectivity index (χ3v) is 6.50. The minimum atomic E-state index is -0.542. The van der Waals surface area contributed by atoms with Gasteiger partial charge in [-0.2, -0.15) is 5.26 Å². The van der Waals surface area contributed by atoms with Gasteiger partial charge in [-0.15, -0.1) is 0 Å². The predicted octanol–water partition coefficient (Wildman–Crippen LogP) is 5.59. The Bertz CT molecular complexity index is 1530. The van der Waals surface area contributed by atoms with Crippen LogP contribution in [0.3, 0.4) is 0 Å². The summed E-state index contributed by atoms with van der Waals surface area (Å²) in [6, 6.07) is 30.7. The highest BCUT2D eigenvalue weighted by Crippen LogP contribution is 2.28. The lowest BCUT2D eigenvalue weighted by Crippen LogP contribution is -2.30. The summed E-state index contributed by atoms with van der Waals surface area (Å²) in [6.07, 6.45) is 0. The lowest BCUT2D eigenvalue weighted by atomic mass is 9.96. The molecule has 0 saturated carbocycles. The molecule has 0 unspecified atom stereocenters. The van der Waals surface area contributed by atoms with E-state index < -0.39 is 5.97 Å². The van der Waals surface area contributed by atoms with Crippen LogP contribution in [0, 0.1) is 18.3 Å². The highest BCUT2D eigenvalue weighted by atomic mass is 16.5. The van der Waals surface area contributed by atoms with Crippen molar-refractivity contribution in [1.82, 2.24) is 10.6 Å². The molecule has 0 aliphatic rings. The molecule has 202 valence electrons. The quantitative estimate of drug-likeness (QED) is 0.132. The number of nitrogens with one attached hydrogen (secondary N) is 3. The maximum atomic E-state index is 13.0. The van der Waals surface area contributed by atoms with Crippen LogP contribution in [-0.4, -0.2) is 25.0 Å². The average molecular weight is 533 g/mol. The van der Waals surface area contributed by atoms with Crippen molar-refractivity contribution in [3.63, 3.8) is 0 Å². The van der Waals surface area contributed by atoms with Gasteiger partial charge in [-0.05, 0) is 53.4 Å². The third-order valence-electron chi connectivity index (χ3n) is 6.50. The zero-order chi connectivity index (χ0) is 28.3. The lowest BCUT2D eigenvalue weighted by Gasteiger charge is -2.16. The van der Waals surface area contributed by atoms with Gasteiger partial charge in [0.25, 0.3) is 0 Å². The molecule has 0 aromatic heterocycles. The summed E-state index contributed by atoms with van der Waals surface area (Å²) in [6.45, 7) is 5.69. The van der Waals surface area contributed by atoms with Crippen molar-refractivity contribution in [1.29, 1.82) is 5.26 Å². The van der Waals surface area contributed by atoms with Crippen molar-refractivity contribution < 1.29 is 14.3 Å². The molecule has 7 nitrogen and oxygen atoms in total. The zero-order valence-corrected chi connectivity index (χ0v) is 22.7. The summed E-state index contributed by atoms with van der Waals surface area (Å²) in [7, 11) is 0. The Morgan fingerprint density at radius 2 is 1.65 bits per heavy atom. The van der Waals surface area contributed by atoms with Crippen LogP contribution in [0.4, 0.5) is 5.69 Å². The second kappa shape index (κ2) is 13.7. The molecular weight excluding hydrogens is 500 g/mol. The Morgan fingerprint density at radius 3 is 2.42 bits per heavy atom. The molecule has 0 bridgehead atoms. The van der Waals surface area contributed by atoms with Crippen molar-refractivity contribution in [2.45, 2.75) is 26.9 Å². The summed E-state index contributed by atoms with van der Waals surface area (Å²) in [5.41, 5.74) is 7.01. The topological polar surface area (TPSA) is 103 Å². The second-order valence-electron chi connectivity index (χ2n) is 9.37. The fourth-order valence-corrected chi connectivity index (χ4v) is 4.33. The highest BCUT2D eigenvalue weighted by molar-refractivity contribution is 5.91. The summed E-state index contributed by atoms with van der Waals surface area (Å²) < 4.78 is 5.82. The van der Waals surface area contributed by atoms with Gasteiger partial charge in [-0.25, -0.2) is 4.79 Å². The number of nitrogens with zero attached hydrogens (tertiary/aromatic N) is 1. The van der Waals surface area contributed by atoms with Gasteiger partial charge in [0.1, 0.15) is 5.75 Å². The van der Waals surface area contributed by atoms with Gasteiger partial charge in [0, 0.05) is 50.4 Å². The number of carbonyl (C=O) groups is 2. The van der Waals surface area contributed by atoms with Crippen LogP contribution in [0.2, 0.25) is 0 Å². The molecule has 4 aromatic rings. The van der Waals surface area contributed by atoms with E-state index in [1.165, 1.54) is 29.7 Å². The van der Waals surface area contributed by atoms with E-state index in [2.05, 4.69) is 53.2 Å². The van der Waals surface area contributed by atoms with E-state index in [1.54, 1.807) is 18.2 Å². The summed E-state index contributed by atoms with van der Waals surface area (Å²) in [4.78, 5) is 24.1. The van der Waals surface area contributed by atoms with E-state index in [1.807, 2.05) is 42.5 Å². The molecule has 4 aromatic carbocycles. The van der Waals surface area contributed by atoms with Crippen LogP contribution >= 0.6 is 0 Å².